The number of pyridine rings is 1. The first-order valence-corrected chi connectivity index (χ1v) is 4.90. The van der Waals surface area contributed by atoms with E-state index in [4.69, 9.17) is 11.6 Å². The SMILES string of the molecule is Cc1cc2cc(C(F)(F)F)ccc2nc1Cl. The predicted octanol–water partition coefficient (Wildman–Crippen LogP) is 4.22. The number of fused-ring (bicyclic) bond motifs is 1. The number of nitrogens with zero attached hydrogens (tertiary/aromatic N) is 1. The van der Waals surface area contributed by atoms with Crippen molar-refractivity contribution in [3.63, 3.8) is 0 Å². The summed E-state index contributed by atoms with van der Waals surface area (Å²) in [6, 6.07) is 5.00. The highest BCUT2D eigenvalue weighted by atomic mass is 35.5. The van der Waals surface area contributed by atoms with Crippen LogP contribution in [0.3, 0.4) is 0 Å². The molecule has 1 heterocycles. The molecule has 0 saturated heterocycles. The van der Waals surface area contributed by atoms with Crippen molar-refractivity contribution in [1.82, 2.24) is 4.98 Å². The Morgan fingerprint density at radius 2 is 1.88 bits per heavy atom. The zero-order chi connectivity index (χ0) is 11.9. The summed E-state index contributed by atoms with van der Waals surface area (Å²) in [6.07, 6.45) is -4.33. The summed E-state index contributed by atoms with van der Waals surface area (Å²) >= 11 is 5.78. The van der Waals surface area contributed by atoms with Crippen LogP contribution < -0.4 is 0 Å². The smallest absolute Gasteiger partial charge is 0.236 e. The standard InChI is InChI=1S/C11H7ClF3N/c1-6-4-7-5-8(11(13,14)15)2-3-9(7)16-10(6)12/h2-5H,1H3. The van der Waals surface area contributed by atoms with Crippen molar-refractivity contribution in [3.05, 3.63) is 40.5 Å². The molecule has 0 fully saturated rings. The van der Waals surface area contributed by atoms with E-state index in [-0.39, 0.29) is 0 Å². The van der Waals surface area contributed by atoms with Crippen LogP contribution >= 0.6 is 11.6 Å². The molecule has 0 unspecified atom stereocenters. The van der Waals surface area contributed by atoms with Crippen LogP contribution in [0.4, 0.5) is 13.2 Å². The zero-order valence-corrected chi connectivity index (χ0v) is 9.02. The lowest BCUT2D eigenvalue weighted by atomic mass is 10.1. The molecule has 0 aliphatic heterocycles. The third kappa shape index (κ3) is 1.97. The lowest BCUT2D eigenvalue weighted by Crippen LogP contribution is -2.04. The maximum Gasteiger partial charge on any atom is 0.416 e. The lowest BCUT2D eigenvalue weighted by Gasteiger charge is -2.08. The molecule has 0 aliphatic carbocycles. The first-order chi connectivity index (χ1) is 7.38. The van der Waals surface area contributed by atoms with E-state index in [0.717, 1.165) is 12.1 Å². The first-order valence-electron chi connectivity index (χ1n) is 4.52. The van der Waals surface area contributed by atoms with E-state index in [1.807, 2.05) is 0 Å². The van der Waals surface area contributed by atoms with Crippen LogP contribution in [0.15, 0.2) is 24.3 Å². The van der Waals surface area contributed by atoms with Gasteiger partial charge in [-0.2, -0.15) is 13.2 Å². The summed E-state index contributed by atoms with van der Waals surface area (Å²) < 4.78 is 37.3. The summed E-state index contributed by atoms with van der Waals surface area (Å²) in [5.74, 6) is 0. The summed E-state index contributed by atoms with van der Waals surface area (Å²) in [5, 5.41) is 0.754. The number of aryl methyl sites for hydroxylation is 1. The van der Waals surface area contributed by atoms with Crippen LogP contribution in [0.2, 0.25) is 5.15 Å². The zero-order valence-electron chi connectivity index (χ0n) is 8.27. The van der Waals surface area contributed by atoms with Gasteiger partial charge >= 0.3 is 6.18 Å². The molecular formula is C11H7ClF3N. The molecule has 0 amide bonds. The third-order valence-corrected chi connectivity index (χ3v) is 2.65. The topological polar surface area (TPSA) is 12.9 Å². The van der Waals surface area contributed by atoms with Crippen LogP contribution in [0.5, 0.6) is 0 Å². The van der Waals surface area contributed by atoms with Crippen molar-refractivity contribution in [2.45, 2.75) is 13.1 Å². The molecule has 0 N–H and O–H groups in total. The van der Waals surface area contributed by atoms with E-state index < -0.39 is 11.7 Å². The number of rotatable bonds is 0. The van der Waals surface area contributed by atoms with Gasteiger partial charge in [0.25, 0.3) is 0 Å². The fraction of sp³-hybridized carbons (Fsp3) is 0.182. The predicted molar refractivity (Wildman–Crippen MR) is 56.5 cm³/mol. The largest absolute Gasteiger partial charge is 0.416 e. The highest BCUT2D eigenvalue weighted by Gasteiger charge is 2.30. The molecule has 0 saturated carbocycles. The van der Waals surface area contributed by atoms with Crippen LogP contribution in [0.1, 0.15) is 11.1 Å². The second-order valence-electron chi connectivity index (χ2n) is 3.50. The van der Waals surface area contributed by atoms with Gasteiger partial charge in [-0.1, -0.05) is 11.6 Å². The Hall–Kier alpha value is -1.29. The van der Waals surface area contributed by atoms with Crippen LogP contribution in [-0.2, 0) is 6.18 Å². The van der Waals surface area contributed by atoms with Gasteiger partial charge in [-0.3, -0.25) is 0 Å². The molecule has 1 aromatic carbocycles. The highest BCUT2D eigenvalue weighted by Crippen LogP contribution is 2.31. The van der Waals surface area contributed by atoms with Gasteiger partial charge in [0.2, 0.25) is 0 Å². The Labute approximate surface area is 94.9 Å². The van der Waals surface area contributed by atoms with Gasteiger partial charge in [-0.25, -0.2) is 4.98 Å². The molecule has 0 aliphatic rings. The van der Waals surface area contributed by atoms with Gasteiger partial charge in [-0.15, -0.1) is 0 Å². The maximum absolute atomic E-state index is 12.4. The van der Waals surface area contributed by atoms with Crippen molar-refractivity contribution >= 4 is 22.5 Å². The minimum atomic E-state index is -4.33. The summed E-state index contributed by atoms with van der Waals surface area (Å²) in [7, 11) is 0. The van der Waals surface area contributed by atoms with Crippen molar-refractivity contribution in [2.75, 3.05) is 0 Å². The molecule has 0 atom stereocenters. The van der Waals surface area contributed by atoms with E-state index in [2.05, 4.69) is 4.98 Å². The Kier molecular flexibility index (Phi) is 2.54. The second kappa shape index (κ2) is 3.63. The average Bonchev–Trinajstić information content (AvgIpc) is 2.17. The lowest BCUT2D eigenvalue weighted by molar-refractivity contribution is -0.137. The number of alkyl halides is 3. The van der Waals surface area contributed by atoms with Crippen LogP contribution in [0.25, 0.3) is 10.9 Å². The van der Waals surface area contributed by atoms with Crippen LogP contribution in [-0.4, -0.2) is 4.98 Å². The maximum atomic E-state index is 12.4. The number of aromatic nitrogens is 1. The van der Waals surface area contributed by atoms with Gasteiger partial charge in [0.05, 0.1) is 11.1 Å². The second-order valence-corrected chi connectivity index (χ2v) is 3.86. The Balaban J connectivity index is 2.67. The molecule has 2 aromatic rings. The Morgan fingerprint density at radius 3 is 2.50 bits per heavy atom. The molecule has 2 rings (SSSR count). The molecule has 0 bridgehead atoms. The Bertz CT molecular complexity index is 549. The molecule has 0 radical (unpaired) electrons. The number of hydrogen-bond donors (Lipinski definition) is 0. The van der Waals surface area contributed by atoms with Gasteiger partial charge in [-0.05, 0) is 36.8 Å². The average molecular weight is 246 g/mol. The van der Waals surface area contributed by atoms with E-state index in [1.165, 1.54) is 6.07 Å². The quantitative estimate of drug-likeness (QED) is 0.634. The summed E-state index contributed by atoms with van der Waals surface area (Å²) in [4.78, 5) is 4.00. The molecule has 0 spiro atoms. The van der Waals surface area contributed by atoms with Crippen molar-refractivity contribution < 1.29 is 13.2 Å². The van der Waals surface area contributed by atoms with Gasteiger partial charge < -0.3 is 0 Å². The fourth-order valence-electron chi connectivity index (χ4n) is 1.44. The minimum absolute atomic E-state index is 0.312. The van der Waals surface area contributed by atoms with E-state index in [9.17, 15) is 13.2 Å². The Morgan fingerprint density at radius 1 is 1.19 bits per heavy atom. The molecule has 5 heteroatoms. The number of hydrogen-bond acceptors (Lipinski definition) is 1. The monoisotopic (exact) mass is 245 g/mol. The minimum Gasteiger partial charge on any atom is -0.236 e. The summed E-state index contributed by atoms with van der Waals surface area (Å²) in [6.45, 7) is 1.70. The molecule has 84 valence electrons. The molecule has 16 heavy (non-hydrogen) atoms. The van der Waals surface area contributed by atoms with Gasteiger partial charge in [0.1, 0.15) is 5.15 Å². The van der Waals surface area contributed by atoms with Gasteiger partial charge in [0.15, 0.2) is 0 Å². The normalized spacial score (nSPS) is 12.1. The third-order valence-electron chi connectivity index (χ3n) is 2.27. The fourth-order valence-corrected chi connectivity index (χ4v) is 1.58. The number of halogens is 4. The van der Waals surface area contributed by atoms with Crippen molar-refractivity contribution in [2.24, 2.45) is 0 Å². The number of benzene rings is 1. The van der Waals surface area contributed by atoms with E-state index >= 15 is 0 Å². The van der Waals surface area contributed by atoms with E-state index in [1.54, 1.807) is 13.0 Å². The molecule has 1 nitrogen and oxygen atoms in total. The molecular weight excluding hydrogens is 239 g/mol. The van der Waals surface area contributed by atoms with E-state index in [0.29, 0.717) is 21.6 Å². The summed E-state index contributed by atoms with van der Waals surface area (Å²) in [5.41, 5.74) is 0.445. The van der Waals surface area contributed by atoms with Gasteiger partial charge in [0, 0.05) is 5.39 Å². The first kappa shape index (κ1) is 11.2. The van der Waals surface area contributed by atoms with Crippen molar-refractivity contribution in [1.29, 1.82) is 0 Å². The highest BCUT2D eigenvalue weighted by molar-refractivity contribution is 6.30. The molecule has 1 aromatic heterocycles. The van der Waals surface area contributed by atoms with Crippen molar-refractivity contribution in [3.8, 4) is 0 Å². The van der Waals surface area contributed by atoms with Crippen LogP contribution in [0, 0.1) is 6.92 Å².